The minimum atomic E-state index is -0.713. The second-order valence-electron chi connectivity index (χ2n) is 8.17. The van der Waals surface area contributed by atoms with E-state index < -0.39 is 11.0 Å². The lowest BCUT2D eigenvalue weighted by atomic mass is 9.48. The molecule has 0 radical (unpaired) electrons. The minimum absolute atomic E-state index is 0.269. The molecule has 4 saturated carbocycles. The van der Waals surface area contributed by atoms with Crippen molar-refractivity contribution in [2.24, 2.45) is 17.3 Å². The summed E-state index contributed by atoms with van der Waals surface area (Å²) in [6, 6.07) is 6.93. The first-order valence-corrected chi connectivity index (χ1v) is 8.99. The van der Waals surface area contributed by atoms with E-state index in [1.807, 2.05) is 0 Å². The number of esters is 1. The first-order valence-electron chi connectivity index (χ1n) is 8.99. The smallest absolute Gasteiger partial charge is 0.312 e. The summed E-state index contributed by atoms with van der Waals surface area (Å²) < 4.78 is 10.6. The van der Waals surface area contributed by atoms with E-state index in [1.54, 1.807) is 24.3 Å². The summed E-state index contributed by atoms with van der Waals surface area (Å²) in [6.07, 6.45) is 4.77. The molecule has 2 unspecified atom stereocenters. The SMILES string of the molecule is COc1ccccc1C(=O)COC(=O)C12CC3CC(CC(O)(C3)C1)C2. The summed E-state index contributed by atoms with van der Waals surface area (Å²) in [5.41, 5.74) is -0.891. The third-order valence-corrected chi connectivity index (χ3v) is 6.20. The van der Waals surface area contributed by atoms with Crippen molar-refractivity contribution >= 4 is 11.8 Å². The number of benzene rings is 1. The van der Waals surface area contributed by atoms with E-state index in [-0.39, 0.29) is 18.4 Å². The molecule has 1 N–H and O–H groups in total. The van der Waals surface area contributed by atoms with Gasteiger partial charge in [0.1, 0.15) is 5.75 Å². The number of hydrogen-bond acceptors (Lipinski definition) is 5. The number of aliphatic hydroxyl groups is 1. The molecule has 4 aliphatic carbocycles. The average molecular weight is 344 g/mol. The molecule has 5 rings (SSSR count). The van der Waals surface area contributed by atoms with E-state index in [4.69, 9.17) is 9.47 Å². The maximum Gasteiger partial charge on any atom is 0.312 e. The number of carbonyl (C=O) groups is 2. The number of Topliss-reactive ketones (excluding diaryl/α,β-unsaturated/α-hetero) is 1. The van der Waals surface area contributed by atoms with Crippen LogP contribution in [0, 0.1) is 17.3 Å². The summed E-state index contributed by atoms with van der Waals surface area (Å²) in [7, 11) is 1.51. The Morgan fingerprint density at radius 1 is 1.16 bits per heavy atom. The number of carbonyl (C=O) groups excluding carboxylic acids is 2. The lowest BCUT2D eigenvalue weighted by molar-refractivity contribution is -0.195. The third-order valence-electron chi connectivity index (χ3n) is 6.20. The molecule has 1 aromatic rings. The van der Waals surface area contributed by atoms with Crippen LogP contribution in [-0.2, 0) is 9.53 Å². The Morgan fingerprint density at radius 2 is 1.84 bits per heavy atom. The normalized spacial score (nSPS) is 35.4. The molecule has 4 aliphatic rings. The van der Waals surface area contributed by atoms with Gasteiger partial charge in [0.15, 0.2) is 6.61 Å². The highest BCUT2D eigenvalue weighted by Crippen LogP contribution is 2.61. The fourth-order valence-corrected chi connectivity index (χ4v) is 5.69. The molecule has 1 aromatic carbocycles. The molecular weight excluding hydrogens is 320 g/mol. The molecule has 0 spiro atoms. The quantitative estimate of drug-likeness (QED) is 0.657. The van der Waals surface area contributed by atoms with Crippen LogP contribution < -0.4 is 4.74 Å². The van der Waals surface area contributed by atoms with Gasteiger partial charge in [-0.15, -0.1) is 0 Å². The van der Waals surface area contributed by atoms with Crippen molar-refractivity contribution < 1.29 is 24.2 Å². The highest BCUT2D eigenvalue weighted by Gasteiger charge is 2.60. The molecular formula is C20H24O5. The molecule has 0 saturated heterocycles. The molecule has 4 bridgehead atoms. The van der Waals surface area contributed by atoms with Gasteiger partial charge in [-0.25, -0.2) is 0 Å². The number of ether oxygens (including phenoxy) is 2. The number of para-hydroxylation sites is 1. The minimum Gasteiger partial charge on any atom is -0.496 e. The highest BCUT2D eigenvalue weighted by molar-refractivity contribution is 6.00. The predicted octanol–water partition coefficient (Wildman–Crippen LogP) is 2.75. The maximum atomic E-state index is 12.8. The van der Waals surface area contributed by atoms with Gasteiger partial charge >= 0.3 is 5.97 Å². The average Bonchev–Trinajstić information content (AvgIpc) is 2.57. The molecule has 0 amide bonds. The van der Waals surface area contributed by atoms with Crippen LogP contribution >= 0.6 is 0 Å². The van der Waals surface area contributed by atoms with E-state index in [0.717, 1.165) is 32.1 Å². The first-order chi connectivity index (χ1) is 11.9. The Balaban J connectivity index is 1.45. The maximum absolute atomic E-state index is 12.8. The number of methoxy groups -OCH3 is 1. The van der Waals surface area contributed by atoms with Crippen molar-refractivity contribution in [3.05, 3.63) is 29.8 Å². The summed E-state index contributed by atoms with van der Waals surface area (Å²) >= 11 is 0. The number of ketones is 1. The van der Waals surface area contributed by atoms with Gasteiger partial charge in [-0.05, 0) is 62.5 Å². The van der Waals surface area contributed by atoms with Crippen LogP contribution in [0.1, 0.15) is 48.9 Å². The second-order valence-corrected chi connectivity index (χ2v) is 8.17. The second kappa shape index (κ2) is 5.84. The molecule has 5 nitrogen and oxygen atoms in total. The summed E-state index contributed by atoms with van der Waals surface area (Å²) in [5.74, 6) is 0.706. The van der Waals surface area contributed by atoms with E-state index >= 15 is 0 Å². The van der Waals surface area contributed by atoms with Crippen molar-refractivity contribution in [1.82, 2.24) is 0 Å². The van der Waals surface area contributed by atoms with Crippen molar-refractivity contribution in [1.29, 1.82) is 0 Å². The molecule has 2 atom stereocenters. The van der Waals surface area contributed by atoms with Gasteiger partial charge in [0.05, 0.1) is 23.7 Å². The van der Waals surface area contributed by atoms with E-state index in [1.165, 1.54) is 7.11 Å². The number of rotatable bonds is 5. The lowest BCUT2D eigenvalue weighted by Gasteiger charge is -2.58. The van der Waals surface area contributed by atoms with E-state index in [0.29, 0.717) is 29.6 Å². The first kappa shape index (κ1) is 16.6. The van der Waals surface area contributed by atoms with Crippen molar-refractivity contribution in [2.75, 3.05) is 13.7 Å². The molecule has 0 aromatic heterocycles. The van der Waals surface area contributed by atoms with Crippen LogP contribution in [0.4, 0.5) is 0 Å². The van der Waals surface area contributed by atoms with Crippen molar-refractivity contribution in [3.63, 3.8) is 0 Å². The highest BCUT2D eigenvalue weighted by atomic mass is 16.5. The third kappa shape index (κ3) is 2.84. The zero-order chi connectivity index (χ0) is 17.7. The van der Waals surface area contributed by atoms with Crippen molar-refractivity contribution in [2.45, 2.75) is 44.1 Å². The Morgan fingerprint density at radius 3 is 2.48 bits per heavy atom. The van der Waals surface area contributed by atoms with Gasteiger partial charge in [0, 0.05) is 0 Å². The zero-order valence-corrected chi connectivity index (χ0v) is 14.5. The zero-order valence-electron chi connectivity index (χ0n) is 14.5. The molecule has 0 heterocycles. The molecule has 134 valence electrons. The summed E-state index contributed by atoms with van der Waals surface area (Å²) in [4.78, 5) is 25.2. The van der Waals surface area contributed by atoms with E-state index in [9.17, 15) is 14.7 Å². The molecule has 4 fully saturated rings. The molecule has 25 heavy (non-hydrogen) atoms. The Hall–Kier alpha value is -1.88. The summed E-state index contributed by atoms with van der Waals surface area (Å²) in [6.45, 7) is -0.283. The van der Waals surface area contributed by atoms with Gasteiger partial charge in [-0.3, -0.25) is 9.59 Å². The van der Waals surface area contributed by atoms with Crippen LogP contribution in [-0.4, -0.2) is 36.2 Å². The fraction of sp³-hybridized carbons (Fsp3) is 0.600. The van der Waals surface area contributed by atoms with Crippen LogP contribution in [0.2, 0.25) is 0 Å². The fourth-order valence-electron chi connectivity index (χ4n) is 5.69. The predicted molar refractivity (Wildman–Crippen MR) is 90.3 cm³/mol. The van der Waals surface area contributed by atoms with Crippen LogP contribution in [0.15, 0.2) is 24.3 Å². The molecule has 5 heteroatoms. The van der Waals surface area contributed by atoms with Crippen LogP contribution in [0.3, 0.4) is 0 Å². The standard InChI is InChI=1S/C20H24O5/c1-24-17-5-3-2-4-15(17)16(21)11-25-18(22)19-7-13-6-14(8-19)10-20(23,9-13)12-19/h2-5,13-14,23H,6-12H2,1H3. The Bertz CT molecular complexity index is 696. The van der Waals surface area contributed by atoms with E-state index in [2.05, 4.69) is 0 Å². The number of hydrogen-bond donors (Lipinski definition) is 1. The topological polar surface area (TPSA) is 72.8 Å². The van der Waals surface area contributed by atoms with Gasteiger partial charge in [0.25, 0.3) is 0 Å². The molecule has 0 aliphatic heterocycles. The summed E-state index contributed by atoms with van der Waals surface area (Å²) in [5, 5.41) is 10.7. The van der Waals surface area contributed by atoms with Crippen LogP contribution in [0.5, 0.6) is 5.75 Å². The monoisotopic (exact) mass is 344 g/mol. The van der Waals surface area contributed by atoms with Crippen LogP contribution in [0.25, 0.3) is 0 Å². The van der Waals surface area contributed by atoms with Crippen molar-refractivity contribution in [3.8, 4) is 5.75 Å². The van der Waals surface area contributed by atoms with Gasteiger partial charge in [-0.1, -0.05) is 12.1 Å². The van der Waals surface area contributed by atoms with Gasteiger partial charge in [-0.2, -0.15) is 0 Å². The largest absolute Gasteiger partial charge is 0.496 e. The van der Waals surface area contributed by atoms with Gasteiger partial charge in [0.2, 0.25) is 5.78 Å². The Kier molecular flexibility index (Phi) is 3.87. The van der Waals surface area contributed by atoms with Gasteiger partial charge < -0.3 is 14.6 Å². The Labute approximate surface area is 147 Å². The lowest BCUT2D eigenvalue weighted by Crippen LogP contribution is -2.58.